The van der Waals surface area contributed by atoms with Crippen molar-refractivity contribution < 1.29 is 22.6 Å². The van der Waals surface area contributed by atoms with Gasteiger partial charge in [-0.2, -0.15) is 8.78 Å². The average molecular weight is 227 g/mol. The molecule has 0 saturated carbocycles. The predicted octanol–water partition coefficient (Wildman–Crippen LogP) is 3.09. The van der Waals surface area contributed by atoms with Gasteiger partial charge in [-0.25, -0.2) is 4.39 Å². The molecule has 0 saturated heterocycles. The molecule has 0 aromatic heterocycles. The van der Waals surface area contributed by atoms with Crippen LogP contribution in [0.5, 0.6) is 11.5 Å². The summed E-state index contributed by atoms with van der Waals surface area (Å²) in [6, 6.07) is 2.22. The molecule has 78 valence electrons. The number of halogens is 4. The van der Waals surface area contributed by atoms with Crippen LogP contribution >= 0.6 is 11.6 Å². The molecule has 0 fully saturated rings. The molecule has 1 aromatic carbocycles. The van der Waals surface area contributed by atoms with Crippen molar-refractivity contribution in [1.82, 2.24) is 0 Å². The molecule has 0 unspecified atom stereocenters. The van der Waals surface area contributed by atoms with E-state index in [0.717, 1.165) is 19.2 Å². The van der Waals surface area contributed by atoms with Crippen LogP contribution in [0.15, 0.2) is 12.1 Å². The Morgan fingerprint density at radius 1 is 1.36 bits per heavy atom. The van der Waals surface area contributed by atoms with E-state index in [9.17, 15) is 13.2 Å². The smallest absolute Gasteiger partial charge is 0.387 e. The summed E-state index contributed by atoms with van der Waals surface area (Å²) in [5, 5.41) is -0.219. The largest absolute Gasteiger partial charge is 0.490 e. The van der Waals surface area contributed by atoms with E-state index in [1.807, 2.05) is 0 Å². The highest BCUT2D eigenvalue weighted by molar-refractivity contribution is 6.30. The van der Waals surface area contributed by atoms with Gasteiger partial charge < -0.3 is 9.47 Å². The lowest BCUT2D eigenvalue weighted by molar-refractivity contribution is -0.0514. The quantitative estimate of drug-likeness (QED) is 0.789. The third-order valence-corrected chi connectivity index (χ3v) is 1.73. The number of hydrogen-bond acceptors (Lipinski definition) is 2. The molecule has 0 radical (unpaired) electrons. The summed E-state index contributed by atoms with van der Waals surface area (Å²) in [5.41, 5.74) is 0. The first-order valence-electron chi connectivity index (χ1n) is 3.53. The van der Waals surface area contributed by atoms with Crippen molar-refractivity contribution in [2.75, 3.05) is 7.11 Å². The van der Waals surface area contributed by atoms with Crippen LogP contribution in [0, 0.1) is 5.82 Å². The summed E-state index contributed by atoms with van der Waals surface area (Å²) < 4.78 is 45.4. The maximum absolute atomic E-state index is 13.1. The summed E-state index contributed by atoms with van der Waals surface area (Å²) in [6.07, 6.45) is 0. The number of ether oxygens (including phenoxy) is 2. The lowest BCUT2D eigenvalue weighted by Crippen LogP contribution is -2.04. The normalized spacial score (nSPS) is 10.4. The fraction of sp³-hybridized carbons (Fsp3) is 0.250. The van der Waals surface area contributed by atoms with Crippen molar-refractivity contribution in [3.8, 4) is 11.5 Å². The second-order valence-corrected chi connectivity index (χ2v) is 2.68. The van der Waals surface area contributed by atoms with Crippen molar-refractivity contribution >= 4 is 11.6 Å². The van der Waals surface area contributed by atoms with Crippen LogP contribution in [-0.2, 0) is 0 Å². The van der Waals surface area contributed by atoms with Gasteiger partial charge in [0.05, 0.1) is 12.1 Å². The summed E-state index contributed by atoms with van der Waals surface area (Å²) in [4.78, 5) is 0. The fourth-order valence-electron chi connectivity index (χ4n) is 0.893. The Labute approximate surface area is 83.2 Å². The highest BCUT2D eigenvalue weighted by Crippen LogP contribution is 2.35. The molecule has 14 heavy (non-hydrogen) atoms. The molecular weight excluding hydrogens is 221 g/mol. The van der Waals surface area contributed by atoms with E-state index in [-0.39, 0.29) is 10.8 Å². The summed E-state index contributed by atoms with van der Waals surface area (Å²) in [7, 11) is 1.13. The van der Waals surface area contributed by atoms with Crippen LogP contribution in [0.3, 0.4) is 0 Å². The van der Waals surface area contributed by atoms with Crippen molar-refractivity contribution in [2.24, 2.45) is 0 Å². The average Bonchev–Trinajstić information content (AvgIpc) is 2.11. The fourth-order valence-corrected chi connectivity index (χ4v) is 1.04. The molecule has 0 heterocycles. The minimum absolute atomic E-state index is 0.219. The molecule has 0 atom stereocenters. The molecule has 0 N–H and O–H groups in total. The molecule has 0 aliphatic rings. The molecule has 6 heteroatoms. The van der Waals surface area contributed by atoms with Crippen LogP contribution in [0.1, 0.15) is 0 Å². The van der Waals surface area contributed by atoms with E-state index in [1.54, 1.807) is 0 Å². The topological polar surface area (TPSA) is 18.5 Å². The van der Waals surface area contributed by atoms with Gasteiger partial charge in [-0.05, 0) is 12.1 Å². The molecule has 2 nitrogen and oxygen atoms in total. The number of benzene rings is 1. The van der Waals surface area contributed by atoms with Gasteiger partial charge in [-0.15, -0.1) is 0 Å². The third kappa shape index (κ3) is 2.23. The van der Waals surface area contributed by atoms with Crippen LogP contribution in [0.2, 0.25) is 5.02 Å². The number of alkyl halides is 2. The second-order valence-electron chi connectivity index (χ2n) is 2.27. The molecule has 1 aromatic rings. The maximum atomic E-state index is 13.1. The van der Waals surface area contributed by atoms with Crippen molar-refractivity contribution in [3.63, 3.8) is 0 Å². The zero-order valence-corrected chi connectivity index (χ0v) is 7.82. The molecule has 0 amide bonds. The summed E-state index contributed by atoms with van der Waals surface area (Å²) in [6.45, 7) is -3.04. The van der Waals surface area contributed by atoms with E-state index in [4.69, 9.17) is 11.6 Å². The van der Waals surface area contributed by atoms with Crippen LogP contribution in [0.25, 0.3) is 0 Å². The minimum Gasteiger partial charge on any atom is -0.490 e. The Morgan fingerprint density at radius 2 is 2.00 bits per heavy atom. The lowest BCUT2D eigenvalue weighted by Gasteiger charge is -2.10. The first-order valence-corrected chi connectivity index (χ1v) is 3.91. The van der Waals surface area contributed by atoms with E-state index in [2.05, 4.69) is 9.47 Å². The minimum atomic E-state index is -3.04. The van der Waals surface area contributed by atoms with Crippen molar-refractivity contribution in [1.29, 1.82) is 0 Å². The van der Waals surface area contributed by atoms with Gasteiger partial charge >= 0.3 is 6.61 Å². The Hall–Kier alpha value is -1.10. The lowest BCUT2D eigenvalue weighted by atomic mass is 10.3. The monoisotopic (exact) mass is 226 g/mol. The standard InChI is InChI=1S/C8H6ClF3O2/c1-13-7-5(14-8(11)12)3-2-4(9)6(7)10/h2-3,8H,1H3. The van der Waals surface area contributed by atoms with Gasteiger partial charge in [0, 0.05) is 0 Å². The highest BCUT2D eigenvalue weighted by atomic mass is 35.5. The number of methoxy groups -OCH3 is 1. The van der Waals surface area contributed by atoms with Gasteiger partial charge in [0.25, 0.3) is 0 Å². The zero-order valence-electron chi connectivity index (χ0n) is 7.06. The Balaban J connectivity index is 3.10. The molecule has 0 aliphatic carbocycles. The van der Waals surface area contributed by atoms with Crippen molar-refractivity contribution in [3.05, 3.63) is 23.0 Å². The first kappa shape index (κ1) is 11.0. The predicted molar refractivity (Wildman–Crippen MR) is 44.6 cm³/mol. The van der Waals surface area contributed by atoms with Gasteiger partial charge in [0.1, 0.15) is 0 Å². The first-order chi connectivity index (χ1) is 6.56. The Morgan fingerprint density at radius 3 is 2.50 bits per heavy atom. The molecule has 0 spiro atoms. The van der Waals surface area contributed by atoms with E-state index >= 15 is 0 Å². The Kier molecular flexibility index (Phi) is 3.46. The SMILES string of the molecule is COc1c(OC(F)F)ccc(Cl)c1F. The second kappa shape index (κ2) is 4.41. The van der Waals surface area contributed by atoms with E-state index in [1.165, 1.54) is 0 Å². The van der Waals surface area contributed by atoms with Gasteiger partial charge in [-0.3, -0.25) is 0 Å². The highest BCUT2D eigenvalue weighted by Gasteiger charge is 2.16. The van der Waals surface area contributed by atoms with Crippen LogP contribution in [0.4, 0.5) is 13.2 Å². The molecule has 1 rings (SSSR count). The number of rotatable bonds is 3. The zero-order chi connectivity index (χ0) is 10.7. The summed E-state index contributed by atoms with van der Waals surface area (Å²) >= 11 is 5.40. The van der Waals surface area contributed by atoms with Gasteiger partial charge in [0.15, 0.2) is 17.3 Å². The summed E-state index contributed by atoms with van der Waals surface area (Å²) in [5.74, 6) is -1.74. The molecular formula is C8H6ClF3O2. The third-order valence-electron chi connectivity index (χ3n) is 1.43. The van der Waals surface area contributed by atoms with Crippen LogP contribution < -0.4 is 9.47 Å². The molecule has 0 aliphatic heterocycles. The van der Waals surface area contributed by atoms with Gasteiger partial charge in [0.2, 0.25) is 0 Å². The number of hydrogen-bond donors (Lipinski definition) is 0. The van der Waals surface area contributed by atoms with Crippen molar-refractivity contribution in [2.45, 2.75) is 6.61 Å². The Bertz CT molecular complexity index is 331. The van der Waals surface area contributed by atoms with Gasteiger partial charge in [-0.1, -0.05) is 11.6 Å². The molecule has 0 bridgehead atoms. The van der Waals surface area contributed by atoms with Crippen LogP contribution in [-0.4, -0.2) is 13.7 Å². The van der Waals surface area contributed by atoms with E-state index in [0.29, 0.717) is 0 Å². The van der Waals surface area contributed by atoms with E-state index < -0.39 is 18.2 Å². The maximum Gasteiger partial charge on any atom is 0.387 e.